The first-order chi connectivity index (χ1) is 15.3. The maximum atomic E-state index is 12.8. The van der Waals surface area contributed by atoms with Crippen LogP contribution in [0.3, 0.4) is 0 Å². The Morgan fingerprint density at radius 1 is 1.34 bits per heavy atom. The van der Waals surface area contributed by atoms with Crippen molar-refractivity contribution in [3.8, 4) is 0 Å². The quantitative estimate of drug-likeness (QED) is 0.496. The van der Waals surface area contributed by atoms with Crippen LogP contribution in [0.5, 0.6) is 0 Å². The number of hydrogen-bond donors (Lipinski definition) is 4. The number of fused-ring (bicyclic) bond motifs is 1. The fourth-order valence-electron chi connectivity index (χ4n) is 5.16. The van der Waals surface area contributed by atoms with Gasteiger partial charge in [0.2, 0.25) is 17.7 Å². The van der Waals surface area contributed by atoms with Crippen LogP contribution >= 0.6 is 0 Å². The Labute approximate surface area is 187 Å². The lowest BCUT2D eigenvalue weighted by Crippen LogP contribution is -2.39. The molecule has 1 saturated carbocycles. The SMILES string of the molecule is CC(C)NC(=O)[C@@H]1[C@@H]2C(=O)NN=C(c3ccccc3NC(=O)CN3CCC[C@@H]3CO)[C@]12C. The van der Waals surface area contributed by atoms with Crippen LogP contribution in [0.25, 0.3) is 0 Å². The number of aliphatic hydroxyl groups is 1. The molecule has 1 aromatic carbocycles. The number of amides is 3. The lowest BCUT2D eigenvalue weighted by Gasteiger charge is -2.24. The van der Waals surface area contributed by atoms with Crippen LogP contribution in [0.15, 0.2) is 29.4 Å². The summed E-state index contributed by atoms with van der Waals surface area (Å²) in [7, 11) is 0. The summed E-state index contributed by atoms with van der Waals surface area (Å²) in [6, 6.07) is 7.29. The summed E-state index contributed by atoms with van der Waals surface area (Å²) < 4.78 is 0. The highest BCUT2D eigenvalue weighted by Gasteiger charge is 2.72. The number of para-hydroxylation sites is 1. The molecule has 3 amide bonds. The van der Waals surface area contributed by atoms with Gasteiger partial charge in [-0.3, -0.25) is 19.3 Å². The third-order valence-corrected chi connectivity index (χ3v) is 6.81. The zero-order chi connectivity index (χ0) is 23.0. The van der Waals surface area contributed by atoms with Crippen LogP contribution in [0.1, 0.15) is 39.2 Å². The summed E-state index contributed by atoms with van der Waals surface area (Å²) in [5.41, 5.74) is 3.69. The van der Waals surface area contributed by atoms with Crippen LogP contribution in [0.4, 0.5) is 5.69 Å². The van der Waals surface area contributed by atoms with Gasteiger partial charge in [-0.25, -0.2) is 5.43 Å². The highest BCUT2D eigenvalue weighted by Crippen LogP contribution is 2.62. The van der Waals surface area contributed by atoms with Crippen LogP contribution in [-0.4, -0.2) is 65.2 Å². The standard InChI is InChI=1S/C23H31N5O4/c1-13(2)24-21(31)18-19-22(32)27-26-20(23(18,19)3)15-8-4-5-9-16(15)25-17(30)11-28-10-6-7-14(28)12-29/h4-5,8-9,13-14,18-19,29H,6-7,10-12H2,1-3H3,(H,24,31)(H,25,30)(H,27,32)/t14-,18+,19-,23-/m1/s1. The highest BCUT2D eigenvalue weighted by atomic mass is 16.3. The zero-order valence-electron chi connectivity index (χ0n) is 18.7. The molecule has 4 rings (SSSR count). The third kappa shape index (κ3) is 3.91. The third-order valence-electron chi connectivity index (χ3n) is 6.81. The molecule has 1 aromatic rings. The van der Waals surface area contributed by atoms with Gasteiger partial charge in [-0.15, -0.1) is 0 Å². The van der Waals surface area contributed by atoms with Gasteiger partial charge < -0.3 is 15.7 Å². The first-order valence-electron chi connectivity index (χ1n) is 11.2. The van der Waals surface area contributed by atoms with E-state index in [1.807, 2.05) is 43.9 Å². The maximum Gasteiger partial charge on any atom is 0.245 e. The number of aliphatic hydroxyl groups excluding tert-OH is 1. The van der Waals surface area contributed by atoms with E-state index in [1.165, 1.54) is 0 Å². The Morgan fingerprint density at radius 3 is 2.81 bits per heavy atom. The summed E-state index contributed by atoms with van der Waals surface area (Å²) in [5, 5.41) is 19.7. The van der Waals surface area contributed by atoms with Crippen LogP contribution in [0.2, 0.25) is 0 Å². The van der Waals surface area contributed by atoms with E-state index in [4.69, 9.17) is 0 Å². The van der Waals surface area contributed by atoms with Crippen molar-refractivity contribution in [2.45, 2.75) is 45.7 Å². The second kappa shape index (κ2) is 8.63. The number of nitrogens with zero attached hydrogens (tertiary/aromatic N) is 2. The van der Waals surface area contributed by atoms with Gasteiger partial charge in [-0.2, -0.15) is 5.10 Å². The minimum absolute atomic E-state index is 0.0142. The number of hydrazone groups is 1. The normalized spacial score (nSPS) is 29.2. The lowest BCUT2D eigenvalue weighted by molar-refractivity contribution is -0.127. The van der Waals surface area contributed by atoms with Crippen molar-refractivity contribution < 1.29 is 19.5 Å². The minimum atomic E-state index is -0.737. The van der Waals surface area contributed by atoms with E-state index >= 15 is 0 Å². The van der Waals surface area contributed by atoms with Crippen molar-refractivity contribution in [1.82, 2.24) is 15.6 Å². The van der Waals surface area contributed by atoms with E-state index in [0.29, 0.717) is 17.0 Å². The van der Waals surface area contributed by atoms with Gasteiger partial charge in [0.25, 0.3) is 0 Å². The number of likely N-dealkylation sites (tertiary alicyclic amines) is 1. The molecular weight excluding hydrogens is 410 g/mol. The molecule has 0 aromatic heterocycles. The lowest BCUT2D eigenvalue weighted by atomic mass is 9.89. The molecule has 172 valence electrons. The number of anilines is 1. The van der Waals surface area contributed by atoms with Crippen molar-refractivity contribution in [1.29, 1.82) is 0 Å². The molecule has 32 heavy (non-hydrogen) atoms. The molecule has 4 atom stereocenters. The van der Waals surface area contributed by atoms with Crippen molar-refractivity contribution in [2.75, 3.05) is 25.0 Å². The Hall–Kier alpha value is -2.78. The Balaban J connectivity index is 1.56. The van der Waals surface area contributed by atoms with Gasteiger partial charge in [0, 0.05) is 28.7 Å². The van der Waals surface area contributed by atoms with Crippen molar-refractivity contribution in [3.05, 3.63) is 29.8 Å². The van der Waals surface area contributed by atoms with Crippen molar-refractivity contribution in [3.63, 3.8) is 0 Å². The summed E-state index contributed by atoms with van der Waals surface area (Å²) in [4.78, 5) is 40.0. The molecule has 0 spiro atoms. The average Bonchev–Trinajstić information content (AvgIpc) is 3.16. The molecule has 0 radical (unpaired) electrons. The maximum absolute atomic E-state index is 12.8. The number of carbonyl (C=O) groups is 3. The fraction of sp³-hybridized carbons (Fsp3) is 0.565. The molecule has 9 nitrogen and oxygen atoms in total. The molecule has 3 aliphatic rings. The molecule has 4 N–H and O–H groups in total. The molecule has 2 fully saturated rings. The van der Waals surface area contributed by atoms with E-state index in [9.17, 15) is 19.5 Å². The van der Waals surface area contributed by atoms with E-state index < -0.39 is 17.3 Å². The van der Waals surface area contributed by atoms with Gasteiger partial charge >= 0.3 is 0 Å². The molecule has 0 unspecified atom stereocenters. The molecule has 1 aliphatic carbocycles. The Bertz CT molecular complexity index is 961. The molecule has 2 aliphatic heterocycles. The Kier molecular flexibility index (Phi) is 6.05. The summed E-state index contributed by atoms with van der Waals surface area (Å²) in [6.07, 6.45) is 1.85. The van der Waals surface area contributed by atoms with Gasteiger partial charge in [0.15, 0.2) is 0 Å². The first-order valence-corrected chi connectivity index (χ1v) is 11.2. The van der Waals surface area contributed by atoms with Crippen LogP contribution < -0.4 is 16.1 Å². The van der Waals surface area contributed by atoms with Gasteiger partial charge in [-0.05, 0) is 39.3 Å². The second-order valence-electron chi connectivity index (χ2n) is 9.38. The number of benzene rings is 1. The van der Waals surface area contributed by atoms with Gasteiger partial charge in [-0.1, -0.05) is 25.1 Å². The van der Waals surface area contributed by atoms with Crippen LogP contribution in [-0.2, 0) is 14.4 Å². The first kappa shape index (κ1) is 22.4. The van der Waals surface area contributed by atoms with Crippen molar-refractivity contribution in [2.24, 2.45) is 22.4 Å². The highest BCUT2D eigenvalue weighted by molar-refractivity contribution is 6.19. The number of rotatable bonds is 7. The summed E-state index contributed by atoms with van der Waals surface area (Å²) in [5.74, 6) is -1.60. The second-order valence-corrected chi connectivity index (χ2v) is 9.38. The Morgan fingerprint density at radius 2 is 2.09 bits per heavy atom. The molecular formula is C23H31N5O4. The summed E-state index contributed by atoms with van der Waals surface area (Å²) >= 11 is 0. The smallest absolute Gasteiger partial charge is 0.245 e. The number of hydrogen-bond acceptors (Lipinski definition) is 6. The number of nitrogens with one attached hydrogen (secondary N) is 3. The number of carbonyl (C=O) groups excluding carboxylic acids is 3. The predicted octanol–water partition coefficient (Wildman–Crippen LogP) is 0.693. The van der Waals surface area contributed by atoms with E-state index in [2.05, 4.69) is 21.2 Å². The summed E-state index contributed by atoms with van der Waals surface area (Å²) in [6.45, 7) is 6.67. The fourth-order valence-corrected chi connectivity index (χ4v) is 5.16. The largest absolute Gasteiger partial charge is 0.395 e. The van der Waals surface area contributed by atoms with E-state index in [0.717, 1.165) is 19.4 Å². The van der Waals surface area contributed by atoms with Crippen molar-refractivity contribution >= 4 is 29.1 Å². The molecule has 1 saturated heterocycles. The van der Waals surface area contributed by atoms with Gasteiger partial charge in [0.1, 0.15) is 0 Å². The zero-order valence-corrected chi connectivity index (χ0v) is 18.7. The molecule has 0 bridgehead atoms. The topological polar surface area (TPSA) is 123 Å². The molecule has 2 heterocycles. The van der Waals surface area contributed by atoms with E-state index in [1.54, 1.807) is 6.07 Å². The predicted molar refractivity (Wildman–Crippen MR) is 120 cm³/mol. The van der Waals surface area contributed by atoms with E-state index in [-0.39, 0.29) is 43.0 Å². The minimum Gasteiger partial charge on any atom is -0.395 e. The van der Waals surface area contributed by atoms with Crippen LogP contribution in [0, 0.1) is 17.3 Å². The average molecular weight is 442 g/mol. The molecule has 9 heteroatoms. The monoisotopic (exact) mass is 441 g/mol. The van der Waals surface area contributed by atoms with Gasteiger partial charge in [0.05, 0.1) is 30.7 Å².